The molecule has 186 valence electrons. The van der Waals surface area contributed by atoms with Crippen molar-refractivity contribution in [2.24, 2.45) is 5.92 Å². The average molecular weight is 485 g/mol. The molecule has 0 bridgehead atoms. The van der Waals surface area contributed by atoms with Crippen molar-refractivity contribution in [3.63, 3.8) is 0 Å². The second-order valence-corrected chi connectivity index (χ2v) is 11.3. The van der Waals surface area contributed by atoms with Crippen molar-refractivity contribution in [2.45, 2.75) is 70.9 Å². The summed E-state index contributed by atoms with van der Waals surface area (Å²) >= 11 is 1.78. The molecule has 6 heteroatoms. The zero-order valence-electron chi connectivity index (χ0n) is 20.9. The van der Waals surface area contributed by atoms with Gasteiger partial charge in [0.2, 0.25) is 5.91 Å². The molecule has 1 aliphatic heterocycles. The van der Waals surface area contributed by atoms with Crippen LogP contribution in [0.3, 0.4) is 0 Å². The molecule has 2 heterocycles. The predicted molar refractivity (Wildman–Crippen MR) is 139 cm³/mol. The highest BCUT2D eigenvalue weighted by molar-refractivity contribution is 7.10. The minimum absolute atomic E-state index is 0.0735. The largest absolute Gasteiger partial charge is 0.491 e. The van der Waals surface area contributed by atoms with E-state index >= 15 is 0 Å². The standard InChI is InChI=1S/C28H40N2O3S/c1-4-5-23(31)17-29(16-21-6-7-21)18-28(32)30-14-12-27-25(13-15-34-27)26(30)19-33-24-10-8-22(9-11-24)20(2)3/h8-11,13,15,20-21,23,26,31H,4-7,12,14,16-19H2,1-3H3/t23-,26-/m0/s1. The fraction of sp³-hybridized carbons (Fsp3) is 0.607. The van der Waals surface area contributed by atoms with E-state index in [2.05, 4.69) is 49.3 Å². The van der Waals surface area contributed by atoms with Crippen LogP contribution in [0.4, 0.5) is 0 Å². The molecule has 0 saturated heterocycles. The first-order chi connectivity index (χ1) is 16.4. The topological polar surface area (TPSA) is 53.0 Å². The minimum atomic E-state index is -0.366. The third kappa shape index (κ3) is 6.61. The summed E-state index contributed by atoms with van der Waals surface area (Å²) in [6.07, 6.45) is 4.75. The van der Waals surface area contributed by atoms with Gasteiger partial charge in [-0.05, 0) is 72.2 Å². The molecule has 0 spiro atoms. The maximum atomic E-state index is 13.6. The lowest BCUT2D eigenvalue weighted by Crippen LogP contribution is -2.48. The van der Waals surface area contributed by atoms with Crippen molar-refractivity contribution >= 4 is 17.2 Å². The van der Waals surface area contributed by atoms with Gasteiger partial charge in [-0.1, -0.05) is 39.3 Å². The van der Waals surface area contributed by atoms with Crippen LogP contribution < -0.4 is 4.74 Å². The van der Waals surface area contributed by atoms with E-state index < -0.39 is 0 Å². The molecule has 1 aliphatic carbocycles. The molecule has 2 aromatic rings. The number of carbonyl (C=O) groups excluding carboxylic acids is 1. The van der Waals surface area contributed by atoms with Crippen LogP contribution in [0.15, 0.2) is 35.7 Å². The number of hydrogen-bond acceptors (Lipinski definition) is 5. The Morgan fingerprint density at radius 1 is 1.24 bits per heavy atom. The van der Waals surface area contributed by atoms with Crippen LogP contribution in [0.25, 0.3) is 0 Å². The Hall–Kier alpha value is -1.89. The van der Waals surface area contributed by atoms with Crippen LogP contribution in [-0.4, -0.2) is 59.7 Å². The maximum absolute atomic E-state index is 13.6. The molecule has 4 rings (SSSR count). The molecule has 5 nitrogen and oxygen atoms in total. The first-order valence-electron chi connectivity index (χ1n) is 12.9. The monoisotopic (exact) mass is 484 g/mol. The van der Waals surface area contributed by atoms with Gasteiger partial charge in [0, 0.05) is 24.5 Å². The molecule has 34 heavy (non-hydrogen) atoms. The molecule has 0 unspecified atom stereocenters. The van der Waals surface area contributed by atoms with Crippen molar-refractivity contribution in [3.8, 4) is 5.75 Å². The molecule has 1 amide bonds. The number of amides is 1. The van der Waals surface area contributed by atoms with Crippen molar-refractivity contribution in [1.29, 1.82) is 0 Å². The highest BCUT2D eigenvalue weighted by atomic mass is 32.1. The van der Waals surface area contributed by atoms with E-state index in [4.69, 9.17) is 4.74 Å². The van der Waals surface area contributed by atoms with Crippen molar-refractivity contribution in [3.05, 3.63) is 51.7 Å². The number of aliphatic hydroxyl groups is 1. The number of fused-ring (bicyclic) bond motifs is 1. The summed E-state index contributed by atoms with van der Waals surface area (Å²) in [6, 6.07) is 10.4. The lowest BCUT2D eigenvalue weighted by Gasteiger charge is -2.37. The van der Waals surface area contributed by atoms with Gasteiger partial charge in [-0.15, -0.1) is 11.3 Å². The van der Waals surface area contributed by atoms with Crippen molar-refractivity contribution in [2.75, 3.05) is 32.8 Å². The zero-order chi connectivity index (χ0) is 24.1. The van der Waals surface area contributed by atoms with Gasteiger partial charge >= 0.3 is 0 Å². The zero-order valence-corrected chi connectivity index (χ0v) is 21.7. The van der Waals surface area contributed by atoms with Crippen LogP contribution in [0.1, 0.15) is 74.4 Å². The van der Waals surface area contributed by atoms with E-state index in [1.165, 1.54) is 28.8 Å². The van der Waals surface area contributed by atoms with Gasteiger partial charge in [0.25, 0.3) is 0 Å². The van der Waals surface area contributed by atoms with Gasteiger partial charge in [0.15, 0.2) is 0 Å². The number of nitrogens with zero attached hydrogens (tertiary/aromatic N) is 2. The van der Waals surface area contributed by atoms with Crippen LogP contribution in [0, 0.1) is 5.92 Å². The summed E-state index contributed by atoms with van der Waals surface area (Å²) in [5, 5.41) is 12.5. The SMILES string of the molecule is CCC[C@H](O)CN(CC(=O)N1CCc2sccc2[C@@H]1COc1ccc(C(C)C)cc1)CC1CC1. The van der Waals surface area contributed by atoms with Crippen LogP contribution in [-0.2, 0) is 11.2 Å². The van der Waals surface area contributed by atoms with E-state index in [1.807, 2.05) is 17.0 Å². The summed E-state index contributed by atoms with van der Waals surface area (Å²) in [5.41, 5.74) is 2.52. The van der Waals surface area contributed by atoms with Crippen LogP contribution in [0.2, 0.25) is 0 Å². The van der Waals surface area contributed by atoms with Gasteiger partial charge in [-0.3, -0.25) is 9.69 Å². The molecule has 2 atom stereocenters. The third-order valence-electron chi connectivity index (χ3n) is 7.03. The highest BCUT2D eigenvalue weighted by Gasteiger charge is 2.34. The number of thiophene rings is 1. The maximum Gasteiger partial charge on any atom is 0.237 e. The number of aliphatic hydroxyl groups excluding tert-OH is 1. The van der Waals surface area contributed by atoms with Crippen LogP contribution in [0.5, 0.6) is 5.75 Å². The molecular weight excluding hydrogens is 444 g/mol. The average Bonchev–Trinajstić information content (AvgIpc) is 3.49. The number of carbonyl (C=O) groups is 1. The molecular formula is C28H40N2O3S. The smallest absolute Gasteiger partial charge is 0.237 e. The van der Waals surface area contributed by atoms with E-state index in [9.17, 15) is 9.90 Å². The Morgan fingerprint density at radius 2 is 2.00 bits per heavy atom. The van der Waals surface area contributed by atoms with Gasteiger partial charge < -0.3 is 14.7 Å². The Morgan fingerprint density at radius 3 is 2.68 bits per heavy atom. The molecule has 2 aliphatic rings. The number of rotatable bonds is 12. The minimum Gasteiger partial charge on any atom is -0.491 e. The second-order valence-electron chi connectivity index (χ2n) is 10.3. The summed E-state index contributed by atoms with van der Waals surface area (Å²) in [5.74, 6) is 2.16. The van der Waals surface area contributed by atoms with Gasteiger partial charge in [0.05, 0.1) is 18.7 Å². The van der Waals surface area contributed by atoms with E-state index in [0.29, 0.717) is 31.5 Å². The van der Waals surface area contributed by atoms with Gasteiger partial charge in [-0.2, -0.15) is 0 Å². The first-order valence-corrected chi connectivity index (χ1v) is 13.8. The van der Waals surface area contributed by atoms with Crippen molar-refractivity contribution < 1.29 is 14.6 Å². The van der Waals surface area contributed by atoms with Gasteiger partial charge in [-0.25, -0.2) is 0 Å². The lowest BCUT2D eigenvalue weighted by atomic mass is 10.00. The highest BCUT2D eigenvalue weighted by Crippen LogP contribution is 2.35. The van der Waals surface area contributed by atoms with E-state index in [0.717, 1.165) is 38.1 Å². The van der Waals surface area contributed by atoms with Crippen molar-refractivity contribution in [1.82, 2.24) is 9.80 Å². The number of benzene rings is 1. The summed E-state index contributed by atoms with van der Waals surface area (Å²) < 4.78 is 6.22. The van der Waals surface area contributed by atoms with Gasteiger partial charge in [0.1, 0.15) is 12.4 Å². The molecule has 1 saturated carbocycles. The Kier molecular flexibility index (Phi) is 8.67. The molecule has 0 radical (unpaired) electrons. The second kappa shape index (κ2) is 11.7. The first kappa shape index (κ1) is 25.2. The quantitative estimate of drug-likeness (QED) is 0.447. The molecule has 1 aromatic heterocycles. The predicted octanol–water partition coefficient (Wildman–Crippen LogP) is 5.25. The fourth-order valence-electron chi connectivity index (χ4n) is 4.87. The van der Waals surface area contributed by atoms with Crippen LogP contribution >= 0.6 is 11.3 Å². The van der Waals surface area contributed by atoms with E-state index in [1.54, 1.807) is 11.3 Å². The summed E-state index contributed by atoms with van der Waals surface area (Å²) in [7, 11) is 0. The molecule has 1 aromatic carbocycles. The summed E-state index contributed by atoms with van der Waals surface area (Å²) in [6.45, 7) is 9.51. The lowest BCUT2D eigenvalue weighted by molar-refractivity contribution is -0.136. The summed E-state index contributed by atoms with van der Waals surface area (Å²) in [4.78, 5) is 19.1. The Balaban J connectivity index is 1.44. The Bertz CT molecular complexity index is 922. The normalized spacial score (nSPS) is 18.9. The number of ether oxygens (including phenoxy) is 1. The Labute approximate surface area is 208 Å². The fourth-order valence-corrected chi connectivity index (χ4v) is 5.80. The number of hydrogen-bond donors (Lipinski definition) is 1. The van der Waals surface area contributed by atoms with E-state index in [-0.39, 0.29) is 18.1 Å². The third-order valence-corrected chi connectivity index (χ3v) is 8.03. The molecule has 1 N–H and O–H groups in total. The molecule has 1 fully saturated rings.